The predicted molar refractivity (Wildman–Crippen MR) is 52.9 cm³/mol. The van der Waals surface area contributed by atoms with Gasteiger partial charge >= 0.3 is 0 Å². The number of hydrogen-bond donors (Lipinski definition) is 0. The maximum Gasteiger partial charge on any atom is 0.120 e. The Kier molecular flexibility index (Phi) is 4.52. The summed E-state index contributed by atoms with van der Waals surface area (Å²) in [5, 5.41) is 0. The Morgan fingerprint density at radius 1 is 1.50 bits per heavy atom. The van der Waals surface area contributed by atoms with Gasteiger partial charge in [-0.15, -0.1) is 0 Å². The Hall–Kier alpha value is -0.440. The summed E-state index contributed by atoms with van der Waals surface area (Å²) in [4.78, 5) is 10.4. The zero-order chi connectivity index (χ0) is 10.6. The molecule has 0 aromatic heterocycles. The molecule has 0 radical (unpaired) electrons. The van der Waals surface area contributed by atoms with Crippen LogP contribution in [0.25, 0.3) is 0 Å². The number of ether oxygens (including phenoxy) is 1. The minimum absolute atomic E-state index is 0.0658. The molecule has 0 aromatic rings. The van der Waals surface area contributed by atoms with Gasteiger partial charge in [-0.1, -0.05) is 0 Å². The molecule has 82 valence electrons. The van der Waals surface area contributed by atoms with E-state index in [0.29, 0.717) is 19.3 Å². The first-order chi connectivity index (χ1) is 6.63. The van der Waals surface area contributed by atoms with E-state index in [2.05, 4.69) is 0 Å². The molecule has 1 saturated carbocycles. The Bertz CT molecular complexity index is 180. The highest BCUT2D eigenvalue weighted by Crippen LogP contribution is 2.31. The molecule has 1 aliphatic rings. The van der Waals surface area contributed by atoms with Crippen LogP contribution in [-0.2, 0) is 9.53 Å². The Morgan fingerprint density at radius 3 is 2.79 bits per heavy atom. The molecule has 3 atom stereocenters. The van der Waals surface area contributed by atoms with Crippen LogP contribution in [0.4, 0.5) is 4.39 Å². The third-order valence-electron chi connectivity index (χ3n) is 2.71. The van der Waals surface area contributed by atoms with Crippen molar-refractivity contribution >= 4 is 6.29 Å². The summed E-state index contributed by atoms with van der Waals surface area (Å²) in [6, 6.07) is 0. The van der Waals surface area contributed by atoms with Gasteiger partial charge in [-0.05, 0) is 32.6 Å². The van der Waals surface area contributed by atoms with Crippen molar-refractivity contribution in [3.8, 4) is 0 Å². The molecule has 0 saturated heterocycles. The first kappa shape index (κ1) is 11.6. The second-order valence-corrected chi connectivity index (χ2v) is 4.30. The summed E-state index contributed by atoms with van der Waals surface area (Å²) in [6.45, 7) is 3.89. The highest BCUT2D eigenvalue weighted by atomic mass is 19.1. The smallest absolute Gasteiger partial charge is 0.120 e. The van der Waals surface area contributed by atoms with Crippen molar-refractivity contribution in [3.05, 3.63) is 0 Å². The molecule has 1 rings (SSSR count). The Labute approximate surface area is 84.8 Å². The molecule has 2 nitrogen and oxygen atoms in total. The molecule has 14 heavy (non-hydrogen) atoms. The lowest BCUT2D eigenvalue weighted by Crippen LogP contribution is -2.34. The minimum Gasteiger partial charge on any atom is -0.375 e. The molecule has 0 amide bonds. The average molecular weight is 202 g/mol. The van der Waals surface area contributed by atoms with Crippen LogP contribution in [0.2, 0.25) is 0 Å². The Morgan fingerprint density at radius 2 is 2.21 bits per heavy atom. The maximum atomic E-state index is 13.1. The summed E-state index contributed by atoms with van der Waals surface area (Å²) in [7, 11) is 0. The summed E-state index contributed by atoms with van der Waals surface area (Å²) < 4.78 is 18.8. The van der Waals surface area contributed by atoms with Crippen LogP contribution >= 0.6 is 0 Å². The lowest BCUT2D eigenvalue weighted by molar-refractivity contribution is -0.112. The van der Waals surface area contributed by atoms with Crippen LogP contribution < -0.4 is 0 Å². The van der Waals surface area contributed by atoms with Crippen molar-refractivity contribution in [2.24, 2.45) is 5.92 Å². The SMILES string of the molecule is CC(C)OC1CC(F)CCC1CC=O. The number of carbonyl (C=O) groups excluding carboxylic acids is 1. The van der Waals surface area contributed by atoms with E-state index < -0.39 is 6.17 Å². The van der Waals surface area contributed by atoms with Gasteiger partial charge in [-0.25, -0.2) is 4.39 Å². The molecule has 3 heteroatoms. The van der Waals surface area contributed by atoms with Crippen LogP contribution in [0.5, 0.6) is 0 Å². The zero-order valence-corrected chi connectivity index (χ0v) is 8.91. The minimum atomic E-state index is -0.748. The molecule has 0 N–H and O–H groups in total. The van der Waals surface area contributed by atoms with E-state index in [4.69, 9.17) is 4.74 Å². The molecular weight excluding hydrogens is 183 g/mol. The van der Waals surface area contributed by atoms with Gasteiger partial charge in [0.05, 0.1) is 12.2 Å². The molecule has 0 bridgehead atoms. The fourth-order valence-corrected chi connectivity index (χ4v) is 2.05. The van der Waals surface area contributed by atoms with E-state index in [-0.39, 0.29) is 18.1 Å². The van der Waals surface area contributed by atoms with Crippen molar-refractivity contribution in [1.29, 1.82) is 0 Å². The number of rotatable bonds is 4. The second-order valence-electron chi connectivity index (χ2n) is 4.30. The van der Waals surface area contributed by atoms with Crippen LogP contribution in [-0.4, -0.2) is 24.7 Å². The fourth-order valence-electron chi connectivity index (χ4n) is 2.05. The molecule has 3 unspecified atom stereocenters. The van der Waals surface area contributed by atoms with Gasteiger partial charge in [0.1, 0.15) is 12.5 Å². The quantitative estimate of drug-likeness (QED) is 0.655. The lowest BCUT2D eigenvalue weighted by atomic mass is 9.83. The number of alkyl halides is 1. The third kappa shape index (κ3) is 3.37. The average Bonchev–Trinajstić information content (AvgIpc) is 2.09. The fraction of sp³-hybridized carbons (Fsp3) is 0.909. The molecule has 0 aromatic carbocycles. The zero-order valence-electron chi connectivity index (χ0n) is 8.91. The normalized spacial score (nSPS) is 33.3. The summed E-state index contributed by atoms with van der Waals surface area (Å²) >= 11 is 0. The number of halogens is 1. The van der Waals surface area contributed by atoms with Gasteiger partial charge in [0.2, 0.25) is 0 Å². The standard InChI is InChI=1S/C11H19FO2/c1-8(2)14-11-7-10(12)4-3-9(11)5-6-13/h6,8-11H,3-5,7H2,1-2H3. The van der Waals surface area contributed by atoms with Gasteiger partial charge in [0.25, 0.3) is 0 Å². The first-order valence-electron chi connectivity index (χ1n) is 5.36. The van der Waals surface area contributed by atoms with Gasteiger partial charge in [0, 0.05) is 12.8 Å². The summed E-state index contributed by atoms with van der Waals surface area (Å²) in [5.41, 5.74) is 0. The van der Waals surface area contributed by atoms with E-state index in [1.807, 2.05) is 13.8 Å². The van der Waals surface area contributed by atoms with E-state index in [0.717, 1.165) is 12.7 Å². The number of hydrogen-bond acceptors (Lipinski definition) is 2. The molecule has 0 heterocycles. The van der Waals surface area contributed by atoms with Gasteiger partial charge in [-0.3, -0.25) is 0 Å². The van der Waals surface area contributed by atoms with Crippen molar-refractivity contribution < 1.29 is 13.9 Å². The van der Waals surface area contributed by atoms with E-state index in [1.54, 1.807) is 0 Å². The summed E-state index contributed by atoms with van der Waals surface area (Å²) in [6.07, 6.45) is 2.53. The van der Waals surface area contributed by atoms with E-state index >= 15 is 0 Å². The third-order valence-corrected chi connectivity index (χ3v) is 2.71. The van der Waals surface area contributed by atoms with E-state index in [9.17, 15) is 9.18 Å². The van der Waals surface area contributed by atoms with Gasteiger partial charge in [0.15, 0.2) is 0 Å². The highest BCUT2D eigenvalue weighted by Gasteiger charge is 2.31. The van der Waals surface area contributed by atoms with Gasteiger partial charge in [-0.2, -0.15) is 0 Å². The topological polar surface area (TPSA) is 26.3 Å². The molecule has 1 aliphatic carbocycles. The first-order valence-corrected chi connectivity index (χ1v) is 5.36. The van der Waals surface area contributed by atoms with Crippen LogP contribution in [0.3, 0.4) is 0 Å². The van der Waals surface area contributed by atoms with Gasteiger partial charge < -0.3 is 9.53 Å². The summed E-state index contributed by atoms with van der Waals surface area (Å²) in [5.74, 6) is 0.224. The number of carbonyl (C=O) groups is 1. The van der Waals surface area contributed by atoms with Crippen LogP contribution in [0, 0.1) is 5.92 Å². The lowest BCUT2D eigenvalue weighted by Gasteiger charge is -2.33. The number of aldehydes is 1. The van der Waals surface area contributed by atoms with Crippen molar-refractivity contribution in [2.75, 3.05) is 0 Å². The van der Waals surface area contributed by atoms with Crippen LogP contribution in [0.15, 0.2) is 0 Å². The van der Waals surface area contributed by atoms with E-state index in [1.165, 1.54) is 0 Å². The highest BCUT2D eigenvalue weighted by molar-refractivity contribution is 5.49. The van der Waals surface area contributed by atoms with Crippen molar-refractivity contribution in [1.82, 2.24) is 0 Å². The molecular formula is C11H19FO2. The second kappa shape index (κ2) is 5.44. The molecule has 0 spiro atoms. The Balaban J connectivity index is 2.49. The molecule has 1 fully saturated rings. The monoisotopic (exact) mass is 202 g/mol. The van der Waals surface area contributed by atoms with Crippen LogP contribution in [0.1, 0.15) is 39.5 Å². The van der Waals surface area contributed by atoms with Crippen molar-refractivity contribution in [2.45, 2.75) is 57.9 Å². The molecule has 0 aliphatic heterocycles. The van der Waals surface area contributed by atoms with Crippen molar-refractivity contribution in [3.63, 3.8) is 0 Å². The largest absolute Gasteiger partial charge is 0.375 e. The maximum absolute atomic E-state index is 13.1. The predicted octanol–water partition coefficient (Wildman–Crippen LogP) is 2.51.